The molecular weight excluding hydrogens is 368 g/mol. The molecule has 2 aliphatic heterocycles. The van der Waals surface area contributed by atoms with E-state index in [-0.39, 0.29) is 11.8 Å². The molecule has 1 saturated heterocycles. The number of pyridine rings is 1. The maximum Gasteiger partial charge on any atom is 0.269 e. The molecule has 2 aromatic rings. The van der Waals surface area contributed by atoms with Gasteiger partial charge in [0.1, 0.15) is 18.1 Å². The van der Waals surface area contributed by atoms with Crippen LogP contribution in [0.1, 0.15) is 23.3 Å². The van der Waals surface area contributed by atoms with Crippen molar-refractivity contribution in [3.63, 3.8) is 0 Å². The first-order valence-corrected chi connectivity index (χ1v) is 10.1. The third-order valence-corrected chi connectivity index (χ3v) is 5.44. The van der Waals surface area contributed by atoms with Crippen molar-refractivity contribution in [3.8, 4) is 5.75 Å². The van der Waals surface area contributed by atoms with Crippen LogP contribution in [0.3, 0.4) is 0 Å². The number of para-hydroxylation sites is 2. The van der Waals surface area contributed by atoms with Crippen LogP contribution >= 0.6 is 0 Å². The molecule has 4 rings (SSSR count). The highest BCUT2D eigenvalue weighted by Crippen LogP contribution is 2.31. The summed E-state index contributed by atoms with van der Waals surface area (Å²) in [5.74, 6) is 1.05. The Balaban J connectivity index is 1.30. The number of hydrogen-bond acceptors (Lipinski definition) is 5. The molecule has 0 radical (unpaired) electrons. The summed E-state index contributed by atoms with van der Waals surface area (Å²) in [6.07, 6.45) is 3.69. The van der Waals surface area contributed by atoms with Crippen molar-refractivity contribution in [2.45, 2.75) is 12.8 Å². The summed E-state index contributed by atoms with van der Waals surface area (Å²) in [5, 5.41) is 2.98. The maximum atomic E-state index is 12.9. The second-order valence-electron chi connectivity index (χ2n) is 7.53. The number of likely N-dealkylation sites (tertiary alicyclic amines) is 1. The second-order valence-corrected chi connectivity index (χ2v) is 7.53. The smallest absolute Gasteiger partial charge is 0.269 e. The van der Waals surface area contributed by atoms with Crippen molar-refractivity contribution in [3.05, 3.63) is 54.4 Å². The van der Waals surface area contributed by atoms with Gasteiger partial charge in [-0.05, 0) is 49.6 Å². The molecule has 7 heteroatoms. The van der Waals surface area contributed by atoms with E-state index in [9.17, 15) is 9.59 Å². The van der Waals surface area contributed by atoms with Gasteiger partial charge in [0.25, 0.3) is 5.91 Å². The highest BCUT2D eigenvalue weighted by molar-refractivity contribution is 5.96. The minimum Gasteiger partial charge on any atom is -0.490 e. The largest absolute Gasteiger partial charge is 0.490 e. The number of carbonyl (C=O) groups excluding carboxylic acids is 2. The summed E-state index contributed by atoms with van der Waals surface area (Å²) in [5.41, 5.74) is 1.28. The second kappa shape index (κ2) is 9.05. The minimum absolute atomic E-state index is 0.0962. The Morgan fingerprint density at radius 1 is 1.14 bits per heavy atom. The first-order valence-electron chi connectivity index (χ1n) is 10.1. The summed E-state index contributed by atoms with van der Waals surface area (Å²) >= 11 is 0. The number of aromatic nitrogens is 1. The summed E-state index contributed by atoms with van der Waals surface area (Å²) in [6.45, 7) is 3.79. The lowest BCUT2D eigenvalue weighted by Crippen LogP contribution is -2.48. The SMILES string of the molecule is O=C(NCC1CCCN(CC(=O)N2CCOc3ccccc32)C1)c1ccccn1. The third-order valence-electron chi connectivity index (χ3n) is 5.44. The number of rotatable bonds is 5. The number of fused-ring (bicyclic) bond motifs is 1. The Labute approximate surface area is 170 Å². The predicted octanol–water partition coefficient (Wildman–Crippen LogP) is 1.95. The fourth-order valence-corrected chi connectivity index (χ4v) is 3.99. The van der Waals surface area contributed by atoms with Gasteiger partial charge in [-0.25, -0.2) is 0 Å². The fourth-order valence-electron chi connectivity index (χ4n) is 3.99. The van der Waals surface area contributed by atoms with Gasteiger partial charge in [-0.15, -0.1) is 0 Å². The Kier molecular flexibility index (Phi) is 6.05. The van der Waals surface area contributed by atoms with E-state index in [0.29, 0.717) is 37.9 Å². The molecule has 0 bridgehead atoms. The van der Waals surface area contributed by atoms with E-state index in [1.54, 1.807) is 24.4 Å². The lowest BCUT2D eigenvalue weighted by Gasteiger charge is -2.35. The number of amides is 2. The van der Waals surface area contributed by atoms with Crippen LogP contribution in [0.25, 0.3) is 0 Å². The van der Waals surface area contributed by atoms with Crippen LogP contribution in [0.2, 0.25) is 0 Å². The molecule has 0 spiro atoms. The Bertz CT molecular complexity index is 858. The quantitative estimate of drug-likeness (QED) is 0.839. The van der Waals surface area contributed by atoms with Gasteiger partial charge in [0.2, 0.25) is 5.91 Å². The van der Waals surface area contributed by atoms with E-state index in [1.807, 2.05) is 29.2 Å². The van der Waals surface area contributed by atoms with Gasteiger partial charge in [-0.1, -0.05) is 18.2 Å². The van der Waals surface area contributed by atoms with Crippen molar-refractivity contribution >= 4 is 17.5 Å². The summed E-state index contributed by atoms with van der Waals surface area (Å²) in [4.78, 5) is 33.3. The number of piperidine rings is 1. The maximum absolute atomic E-state index is 12.9. The van der Waals surface area contributed by atoms with Crippen molar-refractivity contribution in [2.24, 2.45) is 5.92 Å². The van der Waals surface area contributed by atoms with Gasteiger partial charge in [-0.2, -0.15) is 0 Å². The molecule has 1 fully saturated rings. The van der Waals surface area contributed by atoms with Gasteiger partial charge in [0, 0.05) is 19.3 Å². The average molecular weight is 394 g/mol. The van der Waals surface area contributed by atoms with Crippen molar-refractivity contribution < 1.29 is 14.3 Å². The zero-order valence-electron chi connectivity index (χ0n) is 16.4. The minimum atomic E-state index is -0.149. The van der Waals surface area contributed by atoms with Crippen LogP contribution in [-0.2, 0) is 4.79 Å². The number of anilines is 1. The molecule has 3 heterocycles. The number of hydrogen-bond donors (Lipinski definition) is 1. The van der Waals surface area contributed by atoms with Gasteiger partial charge in [0.05, 0.1) is 18.8 Å². The Hall–Kier alpha value is -2.93. The van der Waals surface area contributed by atoms with Gasteiger partial charge in [0.15, 0.2) is 0 Å². The number of ether oxygens (including phenoxy) is 1. The molecule has 7 nitrogen and oxygen atoms in total. The molecule has 1 atom stereocenters. The number of nitrogens with zero attached hydrogens (tertiary/aromatic N) is 3. The fraction of sp³-hybridized carbons (Fsp3) is 0.409. The van der Waals surface area contributed by atoms with E-state index in [2.05, 4.69) is 15.2 Å². The molecule has 1 aromatic heterocycles. The highest BCUT2D eigenvalue weighted by Gasteiger charge is 2.27. The van der Waals surface area contributed by atoms with Crippen LogP contribution in [0.4, 0.5) is 5.69 Å². The topological polar surface area (TPSA) is 74.8 Å². The van der Waals surface area contributed by atoms with Gasteiger partial charge >= 0.3 is 0 Å². The van der Waals surface area contributed by atoms with E-state index in [1.165, 1.54) is 0 Å². The monoisotopic (exact) mass is 394 g/mol. The third kappa shape index (κ3) is 4.74. The molecule has 29 heavy (non-hydrogen) atoms. The van der Waals surface area contributed by atoms with Crippen LogP contribution in [0.5, 0.6) is 5.75 Å². The molecule has 152 valence electrons. The van der Waals surface area contributed by atoms with Crippen molar-refractivity contribution in [2.75, 3.05) is 44.2 Å². The molecular formula is C22H26N4O3. The molecule has 2 amide bonds. The Morgan fingerprint density at radius 2 is 2.00 bits per heavy atom. The molecule has 1 aromatic carbocycles. The number of nitrogens with one attached hydrogen (secondary N) is 1. The van der Waals surface area contributed by atoms with E-state index in [0.717, 1.165) is 37.4 Å². The van der Waals surface area contributed by atoms with Crippen LogP contribution in [-0.4, -0.2) is 61.0 Å². The summed E-state index contributed by atoms with van der Waals surface area (Å²) in [6, 6.07) is 13.0. The number of benzene rings is 1. The summed E-state index contributed by atoms with van der Waals surface area (Å²) in [7, 11) is 0. The molecule has 1 N–H and O–H groups in total. The summed E-state index contributed by atoms with van der Waals surface area (Å²) < 4.78 is 5.65. The standard InChI is InChI=1S/C22H26N4O3/c27-21(26-12-13-29-20-9-2-1-8-19(20)26)16-25-11-5-6-17(15-25)14-24-22(28)18-7-3-4-10-23-18/h1-4,7-10,17H,5-6,11-16H2,(H,24,28). The van der Waals surface area contributed by atoms with E-state index in [4.69, 9.17) is 4.74 Å². The zero-order valence-corrected chi connectivity index (χ0v) is 16.4. The van der Waals surface area contributed by atoms with Crippen molar-refractivity contribution in [1.29, 1.82) is 0 Å². The van der Waals surface area contributed by atoms with Crippen molar-refractivity contribution in [1.82, 2.24) is 15.2 Å². The van der Waals surface area contributed by atoms with Crippen LogP contribution in [0, 0.1) is 5.92 Å². The van der Waals surface area contributed by atoms with E-state index >= 15 is 0 Å². The highest BCUT2D eigenvalue weighted by atomic mass is 16.5. The van der Waals surface area contributed by atoms with Crippen LogP contribution in [0.15, 0.2) is 48.7 Å². The average Bonchev–Trinajstić information content (AvgIpc) is 2.78. The predicted molar refractivity (Wildman–Crippen MR) is 110 cm³/mol. The first-order chi connectivity index (χ1) is 14.2. The molecule has 0 aliphatic carbocycles. The molecule has 0 saturated carbocycles. The van der Waals surface area contributed by atoms with E-state index < -0.39 is 0 Å². The molecule has 2 aliphatic rings. The lowest BCUT2D eigenvalue weighted by atomic mass is 9.98. The number of carbonyl (C=O) groups is 2. The first kappa shape index (κ1) is 19.4. The Morgan fingerprint density at radius 3 is 2.86 bits per heavy atom. The normalized spacial score (nSPS) is 19.2. The van der Waals surface area contributed by atoms with Gasteiger partial charge < -0.3 is 15.0 Å². The van der Waals surface area contributed by atoms with Gasteiger partial charge in [-0.3, -0.25) is 19.5 Å². The molecule has 1 unspecified atom stereocenters. The lowest BCUT2D eigenvalue weighted by molar-refractivity contribution is -0.120. The van der Waals surface area contributed by atoms with Crippen LogP contribution < -0.4 is 15.0 Å². The zero-order chi connectivity index (χ0) is 20.1.